The Morgan fingerprint density at radius 2 is 1.83 bits per heavy atom. The molecule has 0 saturated carbocycles. The predicted octanol–water partition coefficient (Wildman–Crippen LogP) is 5.65. The summed E-state index contributed by atoms with van der Waals surface area (Å²) in [5.74, 6) is 0. The molecule has 1 N–H and O–H groups in total. The van der Waals surface area contributed by atoms with Crippen LogP contribution in [0.3, 0.4) is 0 Å². The maximum Gasteiger partial charge on any atom is 0.141 e. The molecule has 1 aliphatic carbocycles. The summed E-state index contributed by atoms with van der Waals surface area (Å²) >= 11 is 0. The lowest BCUT2D eigenvalue weighted by atomic mass is 9.82. The maximum atomic E-state index is 11.8. The Labute approximate surface area is 145 Å². The molecule has 0 fully saturated rings. The van der Waals surface area contributed by atoms with Gasteiger partial charge in [0.1, 0.15) is 5.60 Å². The van der Waals surface area contributed by atoms with Gasteiger partial charge in [-0.25, -0.2) is 0 Å². The summed E-state index contributed by atoms with van der Waals surface area (Å²) in [7, 11) is 0. The fraction of sp³-hybridized carbons (Fsp3) is 0.130. The second kappa shape index (κ2) is 7.76. The molecule has 2 rings (SSSR count). The molecule has 1 heteroatoms. The third kappa shape index (κ3) is 2.91. The first-order chi connectivity index (χ1) is 11.6. The van der Waals surface area contributed by atoms with E-state index in [1.54, 1.807) is 12.2 Å². The van der Waals surface area contributed by atoms with Gasteiger partial charge in [0.2, 0.25) is 0 Å². The number of aliphatic hydroxyl groups is 1. The number of rotatable bonds is 5. The zero-order valence-electron chi connectivity index (χ0n) is 14.4. The van der Waals surface area contributed by atoms with Gasteiger partial charge in [0.15, 0.2) is 0 Å². The molecule has 0 aromatic heterocycles. The average Bonchev–Trinajstić information content (AvgIpc) is 2.86. The highest BCUT2D eigenvalue weighted by atomic mass is 16.3. The first kappa shape index (κ1) is 17.7. The summed E-state index contributed by atoms with van der Waals surface area (Å²) in [6.45, 7) is 11.5. The first-order valence-corrected chi connectivity index (χ1v) is 8.09. The number of hydrogen-bond acceptors (Lipinski definition) is 1. The summed E-state index contributed by atoms with van der Waals surface area (Å²) < 4.78 is 0. The Morgan fingerprint density at radius 1 is 1.08 bits per heavy atom. The van der Waals surface area contributed by atoms with Gasteiger partial charge in [-0.1, -0.05) is 92.1 Å². The topological polar surface area (TPSA) is 20.2 Å². The smallest absolute Gasteiger partial charge is 0.141 e. The summed E-state index contributed by atoms with van der Waals surface area (Å²) in [6, 6.07) is 7.99. The van der Waals surface area contributed by atoms with Crippen LogP contribution in [0.1, 0.15) is 25.0 Å². The van der Waals surface area contributed by atoms with Crippen molar-refractivity contribution >= 4 is 5.57 Å². The van der Waals surface area contributed by atoms with E-state index in [4.69, 9.17) is 0 Å². The molecule has 1 unspecified atom stereocenters. The number of hydrogen-bond donors (Lipinski definition) is 1. The van der Waals surface area contributed by atoms with E-state index in [1.807, 2.05) is 68.5 Å². The molecule has 0 heterocycles. The van der Waals surface area contributed by atoms with E-state index in [1.165, 1.54) is 0 Å². The standard InChI is InChI=1S/C23H24O/c1-5-9-14-18(13-7-3)23(24)21(16-10-6-2)19(8-4)20-15-11-12-17-22(20)23/h5-17,24H,1,3H2,2,4H3/b10-6-,14-9-,18-13+,19-8-,21-16+. The zero-order chi connectivity index (χ0) is 17.6. The maximum absolute atomic E-state index is 11.8. The fourth-order valence-corrected chi connectivity index (χ4v) is 3.14. The van der Waals surface area contributed by atoms with Crippen molar-refractivity contribution in [3.05, 3.63) is 114 Å². The highest BCUT2D eigenvalue weighted by molar-refractivity contribution is 5.91. The van der Waals surface area contributed by atoms with Crippen LogP contribution in [-0.2, 0) is 5.60 Å². The monoisotopic (exact) mass is 316 g/mol. The van der Waals surface area contributed by atoms with Gasteiger partial charge in [-0.3, -0.25) is 0 Å². The third-order valence-corrected chi connectivity index (χ3v) is 4.16. The van der Waals surface area contributed by atoms with Crippen LogP contribution in [0, 0.1) is 0 Å². The van der Waals surface area contributed by atoms with E-state index in [0.29, 0.717) is 0 Å². The van der Waals surface area contributed by atoms with Gasteiger partial charge >= 0.3 is 0 Å². The van der Waals surface area contributed by atoms with E-state index in [9.17, 15) is 5.11 Å². The summed E-state index contributed by atoms with van der Waals surface area (Å²) in [6.07, 6.45) is 16.9. The number of fused-ring (bicyclic) bond motifs is 1. The molecule has 1 nitrogen and oxygen atoms in total. The van der Waals surface area contributed by atoms with Crippen LogP contribution in [0.25, 0.3) is 5.57 Å². The van der Waals surface area contributed by atoms with Gasteiger partial charge in [-0.15, -0.1) is 0 Å². The second-order valence-corrected chi connectivity index (χ2v) is 5.52. The molecular formula is C23H24O. The van der Waals surface area contributed by atoms with Crippen molar-refractivity contribution in [1.29, 1.82) is 0 Å². The van der Waals surface area contributed by atoms with Crippen molar-refractivity contribution in [2.24, 2.45) is 0 Å². The highest BCUT2D eigenvalue weighted by Crippen LogP contribution is 2.52. The van der Waals surface area contributed by atoms with Crippen molar-refractivity contribution in [3.63, 3.8) is 0 Å². The Balaban J connectivity index is 2.84. The van der Waals surface area contributed by atoms with Crippen LogP contribution >= 0.6 is 0 Å². The van der Waals surface area contributed by atoms with Crippen molar-refractivity contribution < 1.29 is 5.11 Å². The largest absolute Gasteiger partial charge is 0.376 e. The van der Waals surface area contributed by atoms with Gasteiger partial charge < -0.3 is 5.11 Å². The molecule has 1 aromatic rings. The normalized spacial score (nSPS) is 24.2. The minimum Gasteiger partial charge on any atom is -0.376 e. The van der Waals surface area contributed by atoms with Gasteiger partial charge in [0.05, 0.1) is 0 Å². The Kier molecular flexibility index (Phi) is 5.73. The minimum absolute atomic E-state index is 0.762. The van der Waals surface area contributed by atoms with Crippen LogP contribution < -0.4 is 0 Å². The summed E-state index contributed by atoms with van der Waals surface area (Å²) in [5.41, 5.74) is 3.40. The molecule has 24 heavy (non-hydrogen) atoms. The van der Waals surface area contributed by atoms with E-state index in [-0.39, 0.29) is 0 Å². The zero-order valence-corrected chi connectivity index (χ0v) is 14.4. The SMILES string of the molecule is C=C/C=C\C(=C/C=C)C1(O)C(=C/C=C\C)/C(=C\C)c2ccccc21. The van der Waals surface area contributed by atoms with Gasteiger partial charge in [0.25, 0.3) is 0 Å². The van der Waals surface area contributed by atoms with E-state index in [2.05, 4.69) is 25.3 Å². The average molecular weight is 316 g/mol. The third-order valence-electron chi connectivity index (χ3n) is 4.16. The highest BCUT2D eigenvalue weighted by Gasteiger charge is 2.45. The van der Waals surface area contributed by atoms with Gasteiger partial charge in [-0.2, -0.15) is 0 Å². The van der Waals surface area contributed by atoms with Crippen LogP contribution in [0.2, 0.25) is 0 Å². The molecule has 1 aromatic carbocycles. The van der Waals surface area contributed by atoms with E-state index >= 15 is 0 Å². The summed E-state index contributed by atoms with van der Waals surface area (Å²) in [4.78, 5) is 0. The predicted molar refractivity (Wildman–Crippen MR) is 105 cm³/mol. The lowest BCUT2D eigenvalue weighted by Crippen LogP contribution is -2.26. The molecule has 0 bridgehead atoms. The molecule has 1 atom stereocenters. The van der Waals surface area contributed by atoms with Crippen LogP contribution in [0.5, 0.6) is 0 Å². The molecule has 0 spiro atoms. The Morgan fingerprint density at radius 3 is 2.46 bits per heavy atom. The van der Waals surface area contributed by atoms with Crippen molar-refractivity contribution in [3.8, 4) is 0 Å². The lowest BCUT2D eigenvalue weighted by Gasteiger charge is -2.28. The molecule has 122 valence electrons. The lowest BCUT2D eigenvalue weighted by molar-refractivity contribution is 0.130. The van der Waals surface area contributed by atoms with Crippen molar-refractivity contribution in [2.75, 3.05) is 0 Å². The molecule has 0 aliphatic heterocycles. The molecule has 0 radical (unpaired) electrons. The Bertz CT molecular complexity index is 784. The van der Waals surface area contributed by atoms with Crippen LogP contribution in [0.15, 0.2) is 103 Å². The van der Waals surface area contributed by atoms with Gasteiger partial charge in [-0.05, 0) is 30.6 Å². The minimum atomic E-state index is -1.22. The Hall–Kier alpha value is -2.64. The van der Waals surface area contributed by atoms with E-state index in [0.717, 1.165) is 27.8 Å². The quantitative estimate of drug-likeness (QED) is 0.696. The van der Waals surface area contributed by atoms with Crippen LogP contribution in [-0.4, -0.2) is 5.11 Å². The molecule has 0 saturated heterocycles. The van der Waals surface area contributed by atoms with E-state index < -0.39 is 5.60 Å². The van der Waals surface area contributed by atoms with Gasteiger partial charge in [0, 0.05) is 11.1 Å². The summed E-state index contributed by atoms with van der Waals surface area (Å²) in [5, 5.41) is 11.8. The second-order valence-electron chi connectivity index (χ2n) is 5.52. The van der Waals surface area contributed by atoms with Crippen LogP contribution in [0.4, 0.5) is 0 Å². The molecule has 0 amide bonds. The fourth-order valence-electron chi connectivity index (χ4n) is 3.14. The first-order valence-electron chi connectivity index (χ1n) is 8.09. The number of benzene rings is 1. The number of allylic oxidation sites excluding steroid dienone is 8. The van der Waals surface area contributed by atoms with Crippen molar-refractivity contribution in [1.82, 2.24) is 0 Å². The molecule has 1 aliphatic rings. The van der Waals surface area contributed by atoms with Crippen molar-refractivity contribution in [2.45, 2.75) is 19.4 Å². The molecular weight excluding hydrogens is 292 g/mol.